The Hall–Kier alpha value is -2.37. The monoisotopic (exact) mass is 232 g/mol. The molecule has 0 saturated carbocycles. The van der Waals surface area contributed by atoms with Crippen molar-refractivity contribution in [2.75, 3.05) is 11.9 Å². The van der Waals surface area contributed by atoms with Crippen LogP contribution in [0.3, 0.4) is 0 Å². The number of aromatic amines is 1. The lowest BCUT2D eigenvalue weighted by Gasteiger charge is -2.05. The summed E-state index contributed by atoms with van der Waals surface area (Å²) >= 11 is 0. The quantitative estimate of drug-likeness (QED) is 0.836. The van der Waals surface area contributed by atoms with Crippen molar-refractivity contribution in [2.45, 2.75) is 6.92 Å². The van der Waals surface area contributed by atoms with Crippen molar-refractivity contribution in [1.29, 1.82) is 0 Å². The largest absolute Gasteiger partial charge is 0.494 e. The number of nitrogens with zero attached hydrogens (tertiary/aromatic N) is 2. The molecular formula is C11H12N4O2. The Kier molecular flexibility index (Phi) is 3.34. The average Bonchev–Trinajstić information content (AvgIpc) is 2.83. The average molecular weight is 232 g/mol. The lowest BCUT2D eigenvalue weighted by Crippen LogP contribution is -2.13. The third-order valence-corrected chi connectivity index (χ3v) is 2.05. The molecule has 1 amide bonds. The molecule has 0 aliphatic carbocycles. The van der Waals surface area contributed by atoms with E-state index in [-0.39, 0.29) is 5.91 Å². The molecule has 0 bridgehead atoms. The van der Waals surface area contributed by atoms with Crippen LogP contribution in [0.1, 0.15) is 17.3 Å². The molecule has 0 atom stereocenters. The molecule has 2 N–H and O–H groups in total. The Morgan fingerprint density at radius 2 is 2.41 bits per heavy atom. The van der Waals surface area contributed by atoms with Crippen LogP contribution in [0.15, 0.2) is 30.6 Å². The maximum absolute atomic E-state index is 11.8. The molecule has 0 aliphatic rings. The summed E-state index contributed by atoms with van der Waals surface area (Å²) in [4.78, 5) is 15.6. The van der Waals surface area contributed by atoms with Crippen LogP contribution in [0.4, 0.5) is 5.95 Å². The van der Waals surface area contributed by atoms with Gasteiger partial charge >= 0.3 is 0 Å². The van der Waals surface area contributed by atoms with Crippen LogP contribution in [-0.2, 0) is 0 Å². The first-order valence-corrected chi connectivity index (χ1v) is 5.19. The number of aromatic nitrogens is 3. The van der Waals surface area contributed by atoms with Crippen LogP contribution in [0.5, 0.6) is 5.75 Å². The Balaban J connectivity index is 2.11. The standard InChI is InChI=1S/C11H12N4O2/c1-2-17-9-5-3-4-8(6-9)10(16)14-11-12-7-13-15-11/h3-7H,2H2,1H3,(H2,12,13,14,15,16). The number of hydrogen-bond acceptors (Lipinski definition) is 4. The summed E-state index contributed by atoms with van der Waals surface area (Å²) in [7, 11) is 0. The van der Waals surface area contributed by atoms with Crippen molar-refractivity contribution in [2.24, 2.45) is 0 Å². The zero-order valence-corrected chi connectivity index (χ0v) is 9.30. The van der Waals surface area contributed by atoms with E-state index in [1.165, 1.54) is 6.33 Å². The minimum atomic E-state index is -0.261. The van der Waals surface area contributed by atoms with E-state index < -0.39 is 0 Å². The fourth-order valence-corrected chi connectivity index (χ4v) is 1.34. The number of hydrogen-bond donors (Lipinski definition) is 2. The Bertz CT molecular complexity index is 496. The molecule has 6 nitrogen and oxygen atoms in total. The van der Waals surface area contributed by atoms with E-state index in [2.05, 4.69) is 20.5 Å². The second kappa shape index (κ2) is 5.11. The minimum Gasteiger partial charge on any atom is -0.494 e. The fourth-order valence-electron chi connectivity index (χ4n) is 1.34. The van der Waals surface area contributed by atoms with Crippen LogP contribution >= 0.6 is 0 Å². The first kappa shape index (κ1) is 11.1. The van der Waals surface area contributed by atoms with Crippen LogP contribution in [-0.4, -0.2) is 27.7 Å². The Morgan fingerprint density at radius 1 is 1.53 bits per heavy atom. The van der Waals surface area contributed by atoms with Crippen molar-refractivity contribution in [3.05, 3.63) is 36.2 Å². The van der Waals surface area contributed by atoms with Crippen molar-refractivity contribution in [3.8, 4) is 5.75 Å². The van der Waals surface area contributed by atoms with Gasteiger partial charge in [-0.05, 0) is 25.1 Å². The number of benzene rings is 1. The van der Waals surface area contributed by atoms with Crippen LogP contribution in [0.25, 0.3) is 0 Å². The molecular weight excluding hydrogens is 220 g/mol. The first-order chi connectivity index (χ1) is 8.29. The number of amides is 1. The first-order valence-electron chi connectivity index (χ1n) is 5.19. The second-order valence-electron chi connectivity index (χ2n) is 3.25. The van der Waals surface area contributed by atoms with E-state index in [1.54, 1.807) is 24.3 Å². The number of carbonyl (C=O) groups excluding carboxylic acids is 1. The third kappa shape index (κ3) is 2.81. The van der Waals surface area contributed by atoms with Gasteiger partial charge in [0.1, 0.15) is 12.1 Å². The predicted octanol–water partition coefficient (Wildman–Crippen LogP) is 1.46. The summed E-state index contributed by atoms with van der Waals surface area (Å²) in [5.74, 6) is 0.720. The molecule has 0 aliphatic heterocycles. The van der Waals surface area contributed by atoms with Crippen molar-refractivity contribution in [3.63, 3.8) is 0 Å². The molecule has 0 radical (unpaired) electrons. The van der Waals surface area contributed by atoms with E-state index in [9.17, 15) is 4.79 Å². The zero-order valence-electron chi connectivity index (χ0n) is 9.30. The number of ether oxygens (including phenoxy) is 1. The van der Waals surface area contributed by atoms with Gasteiger partial charge in [0, 0.05) is 5.56 Å². The van der Waals surface area contributed by atoms with Crippen molar-refractivity contribution in [1.82, 2.24) is 15.2 Å². The van der Waals surface area contributed by atoms with Gasteiger partial charge in [0.05, 0.1) is 6.61 Å². The van der Waals surface area contributed by atoms with Gasteiger partial charge in [0.15, 0.2) is 0 Å². The molecule has 17 heavy (non-hydrogen) atoms. The molecule has 6 heteroatoms. The highest BCUT2D eigenvalue weighted by Gasteiger charge is 2.08. The predicted molar refractivity (Wildman–Crippen MR) is 61.9 cm³/mol. The number of H-pyrrole nitrogens is 1. The molecule has 0 unspecified atom stereocenters. The number of nitrogens with one attached hydrogen (secondary N) is 2. The second-order valence-corrected chi connectivity index (χ2v) is 3.25. The summed E-state index contributed by atoms with van der Waals surface area (Å²) in [5, 5.41) is 8.78. The minimum absolute atomic E-state index is 0.261. The number of rotatable bonds is 4. The van der Waals surface area contributed by atoms with Gasteiger partial charge in [-0.2, -0.15) is 10.1 Å². The van der Waals surface area contributed by atoms with Gasteiger partial charge in [-0.3, -0.25) is 10.1 Å². The molecule has 1 aromatic heterocycles. The SMILES string of the molecule is CCOc1cccc(C(=O)Nc2ncn[nH]2)c1. The molecule has 1 aromatic carbocycles. The smallest absolute Gasteiger partial charge is 0.258 e. The lowest BCUT2D eigenvalue weighted by molar-refractivity contribution is 0.102. The topological polar surface area (TPSA) is 79.9 Å². The van der Waals surface area contributed by atoms with Crippen LogP contribution in [0.2, 0.25) is 0 Å². The maximum atomic E-state index is 11.8. The lowest BCUT2D eigenvalue weighted by atomic mass is 10.2. The molecule has 0 fully saturated rings. The van der Waals surface area contributed by atoms with Gasteiger partial charge in [-0.25, -0.2) is 5.10 Å². The molecule has 1 heterocycles. The number of anilines is 1. The van der Waals surface area contributed by atoms with Gasteiger partial charge in [0.2, 0.25) is 5.95 Å². The van der Waals surface area contributed by atoms with E-state index in [4.69, 9.17) is 4.74 Å². The van der Waals surface area contributed by atoms with Crippen molar-refractivity contribution >= 4 is 11.9 Å². The highest BCUT2D eigenvalue weighted by molar-refractivity contribution is 6.03. The summed E-state index contributed by atoms with van der Waals surface area (Å²) in [6.45, 7) is 2.45. The Morgan fingerprint density at radius 3 is 3.12 bits per heavy atom. The van der Waals surface area contributed by atoms with Crippen LogP contribution in [0, 0.1) is 0 Å². The third-order valence-electron chi connectivity index (χ3n) is 2.05. The van der Waals surface area contributed by atoms with Gasteiger partial charge in [0.25, 0.3) is 5.91 Å². The summed E-state index contributed by atoms with van der Waals surface area (Å²) in [6, 6.07) is 6.94. The van der Waals surface area contributed by atoms with Gasteiger partial charge in [-0.15, -0.1) is 0 Å². The highest BCUT2D eigenvalue weighted by atomic mass is 16.5. The fraction of sp³-hybridized carbons (Fsp3) is 0.182. The molecule has 0 saturated heterocycles. The summed E-state index contributed by atoms with van der Waals surface area (Å²) in [5.41, 5.74) is 0.507. The normalized spacial score (nSPS) is 9.94. The zero-order chi connectivity index (χ0) is 12.1. The van der Waals surface area contributed by atoms with Crippen LogP contribution < -0.4 is 10.1 Å². The van der Waals surface area contributed by atoms with Gasteiger partial charge in [-0.1, -0.05) is 6.07 Å². The molecule has 2 aromatic rings. The highest BCUT2D eigenvalue weighted by Crippen LogP contribution is 2.14. The van der Waals surface area contributed by atoms with Crippen molar-refractivity contribution < 1.29 is 9.53 Å². The Labute approximate surface area is 98.0 Å². The summed E-state index contributed by atoms with van der Waals surface area (Å²) in [6.07, 6.45) is 1.33. The van der Waals surface area contributed by atoms with E-state index >= 15 is 0 Å². The molecule has 0 spiro atoms. The summed E-state index contributed by atoms with van der Waals surface area (Å²) < 4.78 is 5.32. The van der Waals surface area contributed by atoms with E-state index in [0.29, 0.717) is 23.9 Å². The maximum Gasteiger partial charge on any atom is 0.258 e. The van der Waals surface area contributed by atoms with Gasteiger partial charge < -0.3 is 4.74 Å². The molecule has 88 valence electrons. The van der Waals surface area contributed by atoms with E-state index in [0.717, 1.165) is 0 Å². The molecule has 2 rings (SSSR count). The number of carbonyl (C=O) groups is 1. The van der Waals surface area contributed by atoms with E-state index in [1.807, 2.05) is 6.92 Å².